The van der Waals surface area contributed by atoms with Crippen molar-refractivity contribution in [2.24, 2.45) is 5.92 Å². The summed E-state index contributed by atoms with van der Waals surface area (Å²) in [6, 6.07) is 0. The van der Waals surface area contributed by atoms with E-state index in [-0.39, 0.29) is 12.5 Å². The highest BCUT2D eigenvalue weighted by Crippen LogP contribution is 2.21. The molecule has 1 unspecified atom stereocenters. The van der Waals surface area contributed by atoms with Crippen molar-refractivity contribution >= 4 is 0 Å². The molecule has 3 N–H and O–H groups in total. The molecular formula is C9H20O4. The molecule has 0 aliphatic heterocycles. The Labute approximate surface area is 79.2 Å². The second-order valence-corrected chi connectivity index (χ2v) is 3.89. The van der Waals surface area contributed by atoms with Crippen molar-refractivity contribution in [2.45, 2.75) is 38.6 Å². The van der Waals surface area contributed by atoms with Crippen LogP contribution in [-0.2, 0) is 4.74 Å². The van der Waals surface area contributed by atoms with Crippen molar-refractivity contribution in [3.63, 3.8) is 0 Å². The van der Waals surface area contributed by atoms with Gasteiger partial charge in [0.1, 0.15) is 11.7 Å². The third-order valence-corrected chi connectivity index (χ3v) is 2.23. The monoisotopic (exact) mass is 192 g/mol. The first kappa shape index (κ1) is 12.8. The summed E-state index contributed by atoms with van der Waals surface area (Å²) in [5.74, 6) is -0.110. The summed E-state index contributed by atoms with van der Waals surface area (Å²) >= 11 is 0. The van der Waals surface area contributed by atoms with Gasteiger partial charge >= 0.3 is 0 Å². The van der Waals surface area contributed by atoms with Gasteiger partial charge in [-0.15, -0.1) is 0 Å². The zero-order chi connectivity index (χ0) is 10.6. The van der Waals surface area contributed by atoms with Gasteiger partial charge in [-0.2, -0.15) is 0 Å². The molecule has 4 nitrogen and oxygen atoms in total. The Morgan fingerprint density at radius 1 is 1.31 bits per heavy atom. The van der Waals surface area contributed by atoms with Crippen molar-refractivity contribution in [3.8, 4) is 0 Å². The van der Waals surface area contributed by atoms with Crippen LogP contribution in [0.3, 0.4) is 0 Å². The molecule has 3 atom stereocenters. The number of methoxy groups -OCH3 is 1. The number of aliphatic hydroxyl groups is 3. The summed E-state index contributed by atoms with van der Waals surface area (Å²) < 4.78 is 4.70. The molecule has 0 spiro atoms. The average Bonchev–Trinajstić information content (AvgIpc) is 2.03. The number of ether oxygens (including phenoxy) is 1. The van der Waals surface area contributed by atoms with E-state index in [4.69, 9.17) is 4.74 Å². The second-order valence-electron chi connectivity index (χ2n) is 3.89. The normalized spacial score (nSPS) is 21.2. The Bertz CT molecular complexity index is 145. The molecule has 0 bridgehead atoms. The van der Waals surface area contributed by atoms with Gasteiger partial charge in [0.05, 0.1) is 12.7 Å². The first-order valence-electron chi connectivity index (χ1n) is 4.41. The lowest BCUT2D eigenvalue weighted by Gasteiger charge is -2.35. The van der Waals surface area contributed by atoms with Crippen LogP contribution >= 0.6 is 0 Å². The third kappa shape index (κ3) is 3.23. The summed E-state index contributed by atoms with van der Waals surface area (Å²) in [6.45, 7) is 4.97. The quantitative estimate of drug-likeness (QED) is 0.562. The van der Waals surface area contributed by atoms with Crippen molar-refractivity contribution < 1.29 is 20.1 Å². The van der Waals surface area contributed by atoms with E-state index in [9.17, 15) is 15.3 Å². The zero-order valence-electron chi connectivity index (χ0n) is 8.69. The van der Waals surface area contributed by atoms with E-state index in [1.165, 1.54) is 14.0 Å². The molecule has 0 aromatic heterocycles. The molecule has 0 heterocycles. The number of hydrogen-bond acceptors (Lipinski definition) is 4. The first-order chi connectivity index (χ1) is 5.84. The maximum absolute atomic E-state index is 9.77. The van der Waals surface area contributed by atoms with Gasteiger partial charge in [-0.3, -0.25) is 0 Å². The van der Waals surface area contributed by atoms with Gasteiger partial charge in [0.25, 0.3) is 0 Å². The molecule has 0 aliphatic rings. The Kier molecular flexibility index (Phi) is 4.85. The first-order valence-corrected chi connectivity index (χ1v) is 4.41. The van der Waals surface area contributed by atoms with Crippen LogP contribution in [-0.4, -0.2) is 46.8 Å². The minimum Gasteiger partial charge on any atom is -0.390 e. The molecule has 4 heteroatoms. The fourth-order valence-corrected chi connectivity index (χ4v) is 1.20. The second kappa shape index (κ2) is 4.91. The van der Waals surface area contributed by atoms with Crippen molar-refractivity contribution in [3.05, 3.63) is 0 Å². The molecular weight excluding hydrogens is 172 g/mol. The molecule has 0 aromatic carbocycles. The van der Waals surface area contributed by atoms with E-state index in [2.05, 4.69) is 0 Å². The molecule has 0 fully saturated rings. The average molecular weight is 192 g/mol. The van der Waals surface area contributed by atoms with Crippen LogP contribution in [0.1, 0.15) is 20.8 Å². The molecule has 80 valence electrons. The van der Waals surface area contributed by atoms with E-state index in [0.29, 0.717) is 0 Å². The summed E-state index contributed by atoms with van der Waals surface area (Å²) in [7, 11) is 1.43. The summed E-state index contributed by atoms with van der Waals surface area (Å²) in [5, 5.41) is 28.8. The van der Waals surface area contributed by atoms with Crippen LogP contribution in [0.2, 0.25) is 0 Å². The lowest BCUT2D eigenvalue weighted by molar-refractivity contribution is -0.161. The molecule has 0 rings (SSSR count). The fourth-order valence-electron chi connectivity index (χ4n) is 1.20. The van der Waals surface area contributed by atoms with Crippen LogP contribution in [0.15, 0.2) is 0 Å². The van der Waals surface area contributed by atoms with Crippen molar-refractivity contribution in [2.75, 3.05) is 13.7 Å². The lowest BCUT2D eigenvalue weighted by atomic mass is 9.86. The predicted molar refractivity (Wildman–Crippen MR) is 49.4 cm³/mol. The number of aliphatic hydroxyl groups excluding tert-OH is 2. The van der Waals surface area contributed by atoms with E-state index in [0.717, 1.165) is 0 Å². The van der Waals surface area contributed by atoms with Gasteiger partial charge in [-0.05, 0) is 12.8 Å². The molecule has 0 aromatic rings. The molecule has 0 saturated heterocycles. The summed E-state index contributed by atoms with van der Waals surface area (Å²) in [6.07, 6.45) is -2.03. The highest BCUT2D eigenvalue weighted by atomic mass is 16.5. The van der Waals surface area contributed by atoms with Gasteiger partial charge < -0.3 is 20.1 Å². The Balaban J connectivity index is 4.35. The fraction of sp³-hybridized carbons (Fsp3) is 1.00. The standard InChI is InChI=1S/C9H20O4/c1-6(2)8(11)9(3,12)7(10)5-13-4/h6-8,10-12H,5H2,1-4H3/t7-,8?,9+/m0/s1. The Morgan fingerprint density at radius 2 is 1.77 bits per heavy atom. The smallest absolute Gasteiger partial charge is 0.116 e. The van der Waals surface area contributed by atoms with E-state index in [1.807, 2.05) is 0 Å². The zero-order valence-corrected chi connectivity index (χ0v) is 8.69. The predicted octanol–water partition coefficient (Wildman–Crippen LogP) is -0.238. The van der Waals surface area contributed by atoms with Crippen LogP contribution < -0.4 is 0 Å². The molecule has 0 aliphatic carbocycles. The van der Waals surface area contributed by atoms with Crippen molar-refractivity contribution in [1.82, 2.24) is 0 Å². The van der Waals surface area contributed by atoms with E-state index >= 15 is 0 Å². The minimum absolute atomic E-state index is 0.0107. The topological polar surface area (TPSA) is 69.9 Å². The Morgan fingerprint density at radius 3 is 2.08 bits per heavy atom. The van der Waals surface area contributed by atoms with Crippen LogP contribution in [0.5, 0.6) is 0 Å². The largest absolute Gasteiger partial charge is 0.390 e. The number of hydrogen-bond donors (Lipinski definition) is 3. The highest BCUT2D eigenvalue weighted by Gasteiger charge is 2.39. The van der Waals surface area contributed by atoms with E-state index < -0.39 is 17.8 Å². The van der Waals surface area contributed by atoms with Crippen LogP contribution in [0, 0.1) is 5.92 Å². The van der Waals surface area contributed by atoms with Crippen LogP contribution in [0.4, 0.5) is 0 Å². The maximum atomic E-state index is 9.77. The molecule has 13 heavy (non-hydrogen) atoms. The Hall–Kier alpha value is -0.160. The summed E-state index contributed by atoms with van der Waals surface area (Å²) in [4.78, 5) is 0. The van der Waals surface area contributed by atoms with Gasteiger partial charge in [0.15, 0.2) is 0 Å². The molecule has 0 saturated carbocycles. The lowest BCUT2D eigenvalue weighted by Crippen LogP contribution is -2.53. The maximum Gasteiger partial charge on any atom is 0.116 e. The number of rotatable bonds is 5. The third-order valence-electron chi connectivity index (χ3n) is 2.23. The molecule has 0 radical (unpaired) electrons. The molecule has 0 amide bonds. The highest BCUT2D eigenvalue weighted by molar-refractivity contribution is 4.90. The van der Waals surface area contributed by atoms with Crippen LogP contribution in [0.25, 0.3) is 0 Å². The van der Waals surface area contributed by atoms with E-state index in [1.54, 1.807) is 13.8 Å². The van der Waals surface area contributed by atoms with Crippen molar-refractivity contribution in [1.29, 1.82) is 0 Å². The van der Waals surface area contributed by atoms with Gasteiger partial charge in [0, 0.05) is 7.11 Å². The summed E-state index contributed by atoms with van der Waals surface area (Å²) in [5.41, 5.74) is -1.52. The van der Waals surface area contributed by atoms with Gasteiger partial charge in [0.2, 0.25) is 0 Å². The minimum atomic E-state index is -1.52. The SMILES string of the molecule is COC[C@H](O)[C@@](C)(O)C(O)C(C)C. The van der Waals surface area contributed by atoms with Gasteiger partial charge in [-0.25, -0.2) is 0 Å². The van der Waals surface area contributed by atoms with Gasteiger partial charge in [-0.1, -0.05) is 13.8 Å².